The minimum atomic E-state index is -0.241. The molecule has 1 aliphatic carbocycles. The third-order valence-electron chi connectivity index (χ3n) is 3.34. The lowest BCUT2D eigenvalue weighted by Crippen LogP contribution is -2.27. The smallest absolute Gasteiger partial charge is 0.150 e. The molecule has 1 fully saturated rings. The molecule has 1 aromatic carbocycles. The molecule has 2 N–H and O–H groups in total. The molecule has 0 aromatic heterocycles. The largest absolute Gasteiger partial charge is 0.396 e. The summed E-state index contributed by atoms with van der Waals surface area (Å²) in [5, 5.41) is 0. The summed E-state index contributed by atoms with van der Waals surface area (Å²) in [6, 6.07) is 5.96. The van der Waals surface area contributed by atoms with Crippen LogP contribution >= 0.6 is 0 Å². The zero-order valence-corrected chi connectivity index (χ0v) is 10.5. The van der Waals surface area contributed by atoms with Crippen LogP contribution in [0.2, 0.25) is 0 Å². The minimum Gasteiger partial charge on any atom is -0.396 e. The summed E-state index contributed by atoms with van der Waals surface area (Å²) in [6.45, 7) is 3.95. The first-order valence-corrected chi connectivity index (χ1v) is 6.49. The number of hydrogen-bond acceptors (Lipinski definition) is 2. The minimum absolute atomic E-state index is 0.241. The van der Waals surface area contributed by atoms with E-state index in [-0.39, 0.29) is 11.5 Å². The van der Waals surface area contributed by atoms with Crippen LogP contribution in [0.25, 0.3) is 0 Å². The van der Waals surface area contributed by atoms with Crippen LogP contribution < -0.4 is 5.73 Å². The summed E-state index contributed by atoms with van der Waals surface area (Å²) in [4.78, 5) is 2.39. The second-order valence-corrected chi connectivity index (χ2v) is 4.88. The zero-order valence-electron chi connectivity index (χ0n) is 10.5. The number of nitrogens with zero attached hydrogens (tertiary/aromatic N) is 1. The van der Waals surface area contributed by atoms with Gasteiger partial charge in [0.05, 0.1) is 5.69 Å². The monoisotopic (exact) mass is 236 g/mol. The van der Waals surface area contributed by atoms with Gasteiger partial charge in [-0.25, -0.2) is 4.39 Å². The van der Waals surface area contributed by atoms with E-state index in [2.05, 4.69) is 11.8 Å². The molecule has 0 atom stereocenters. The predicted octanol–water partition coefficient (Wildman–Crippen LogP) is 3.17. The quantitative estimate of drug-likeness (QED) is 0.769. The fourth-order valence-corrected chi connectivity index (χ4v) is 2.13. The number of halogens is 1. The maximum absolute atomic E-state index is 13.8. The standard InChI is InChI=1S/C14H21FN2/c1-2-3-9-17(12-7-8-12)10-11-5-4-6-13(16)14(11)15/h4-6,12H,2-3,7-10,16H2,1H3. The number of benzene rings is 1. The van der Waals surface area contributed by atoms with Gasteiger partial charge in [0.2, 0.25) is 0 Å². The fraction of sp³-hybridized carbons (Fsp3) is 0.571. The molecular formula is C14H21FN2. The van der Waals surface area contributed by atoms with E-state index in [1.54, 1.807) is 6.07 Å². The highest BCUT2D eigenvalue weighted by Crippen LogP contribution is 2.29. The topological polar surface area (TPSA) is 29.3 Å². The number of rotatable bonds is 6. The van der Waals surface area contributed by atoms with Gasteiger partial charge in [0.25, 0.3) is 0 Å². The average Bonchev–Trinajstić information content (AvgIpc) is 3.14. The molecule has 0 spiro atoms. The van der Waals surface area contributed by atoms with Gasteiger partial charge in [-0.05, 0) is 31.9 Å². The Labute approximate surface area is 103 Å². The van der Waals surface area contributed by atoms with E-state index in [9.17, 15) is 4.39 Å². The van der Waals surface area contributed by atoms with Crippen molar-refractivity contribution in [3.05, 3.63) is 29.6 Å². The van der Waals surface area contributed by atoms with Crippen molar-refractivity contribution in [3.63, 3.8) is 0 Å². The lowest BCUT2D eigenvalue weighted by Gasteiger charge is -2.22. The summed E-state index contributed by atoms with van der Waals surface area (Å²) in [7, 11) is 0. The molecule has 1 aromatic rings. The maximum atomic E-state index is 13.8. The van der Waals surface area contributed by atoms with Crippen LogP contribution in [-0.4, -0.2) is 17.5 Å². The second-order valence-electron chi connectivity index (χ2n) is 4.88. The van der Waals surface area contributed by atoms with Crippen molar-refractivity contribution in [2.24, 2.45) is 0 Å². The second kappa shape index (κ2) is 5.50. The molecule has 0 radical (unpaired) electrons. The van der Waals surface area contributed by atoms with Crippen molar-refractivity contribution in [2.75, 3.05) is 12.3 Å². The maximum Gasteiger partial charge on any atom is 0.150 e. The van der Waals surface area contributed by atoms with Gasteiger partial charge in [-0.2, -0.15) is 0 Å². The predicted molar refractivity (Wildman–Crippen MR) is 69.2 cm³/mol. The molecule has 0 saturated heterocycles. The first-order valence-electron chi connectivity index (χ1n) is 6.49. The van der Waals surface area contributed by atoms with Crippen molar-refractivity contribution in [3.8, 4) is 0 Å². The molecule has 1 aliphatic rings. The molecule has 94 valence electrons. The molecule has 0 aliphatic heterocycles. The third kappa shape index (κ3) is 3.19. The Morgan fingerprint density at radius 1 is 1.41 bits per heavy atom. The van der Waals surface area contributed by atoms with Crippen LogP contribution in [0.4, 0.5) is 10.1 Å². The summed E-state index contributed by atoms with van der Waals surface area (Å²) >= 11 is 0. The number of unbranched alkanes of at least 4 members (excludes halogenated alkanes) is 1. The highest BCUT2D eigenvalue weighted by atomic mass is 19.1. The molecule has 2 rings (SSSR count). The van der Waals surface area contributed by atoms with Gasteiger partial charge < -0.3 is 5.73 Å². The lowest BCUT2D eigenvalue weighted by molar-refractivity contribution is 0.247. The molecule has 1 saturated carbocycles. The first-order chi connectivity index (χ1) is 8.22. The van der Waals surface area contributed by atoms with Crippen molar-refractivity contribution < 1.29 is 4.39 Å². The van der Waals surface area contributed by atoms with E-state index in [0.29, 0.717) is 12.6 Å². The van der Waals surface area contributed by atoms with Gasteiger partial charge in [0, 0.05) is 18.2 Å². The van der Waals surface area contributed by atoms with Crippen LogP contribution in [-0.2, 0) is 6.54 Å². The summed E-state index contributed by atoms with van der Waals surface area (Å²) in [5.74, 6) is -0.241. The van der Waals surface area contributed by atoms with Gasteiger partial charge in [-0.1, -0.05) is 25.5 Å². The Morgan fingerprint density at radius 3 is 2.82 bits per heavy atom. The van der Waals surface area contributed by atoms with E-state index in [1.807, 2.05) is 12.1 Å². The third-order valence-corrected chi connectivity index (χ3v) is 3.34. The Bertz CT molecular complexity index is 374. The van der Waals surface area contributed by atoms with E-state index in [1.165, 1.54) is 25.7 Å². The summed E-state index contributed by atoms with van der Waals surface area (Å²) in [5.41, 5.74) is 6.58. The van der Waals surface area contributed by atoms with E-state index < -0.39 is 0 Å². The van der Waals surface area contributed by atoms with Crippen molar-refractivity contribution >= 4 is 5.69 Å². The molecule has 0 bridgehead atoms. The normalized spacial score (nSPS) is 15.5. The van der Waals surface area contributed by atoms with E-state index >= 15 is 0 Å². The molecule has 0 unspecified atom stereocenters. The van der Waals surface area contributed by atoms with E-state index in [4.69, 9.17) is 5.73 Å². The van der Waals surface area contributed by atoms with Crippen LogP contribution in [0.15, 0.2) is 18.2 Å². The fourth-order valence-electron chi connectivity index (χ4n) is 2.13. The van der Waals surface area contributed by atoms with Gasteiger partial charge in [-0.15, -0.1) is 0 Å². The summed E-state index contributed by atoms with van der Waals surface area (Å²) < 4.78 is 13.8. The highest BCUT2D eigenvalue weighted by molar-refractivity contribution is 5.42. The Hall–Kier alpha value is -1.09. The molecule has 2 nitrogen and oxygen atoms in total. The number of hydrogen-bond donors (Lipinski definition) is 1. The van der Waals surface area contributed by atoms with Crippen LogP contribution in [0.1, 0.15) is 38.2 Å². The van der Waals surface area contributed by atoms with Gasteiger partial charge >= 0.3 is 0 Å². The van der Waals surface area contributed by atoms with Crippen molar-refractivity contribution in [1.82, 2.24) is 4.90 Å². The summed E-state index contributed by atoms with van der Waals surface area (Å²) in [6.07, 6.45) is 4.88. The van der Waals surface area contributed by atoms with Crippen LogP contribution in [0.3, 0.4) is 0 Å². The zero-order chi connectivity index (χ0) is 12.3. The molecule has 3 heteroatoms. The average molecular weight is 236 g/mol. The highest BCUT2D eigenvalue weighted by Gasteiger charge is 2.28. The molecule has 17 heavy (non-hydrogen) atoms. The Kier molecular flexibility index (Phi) is 4.00. The van der Waals surface area contributed by atoms with Crippen LogP contribution in [0, 0.1) is 5.82 Å². The molecule has 0 amide bonds. The SMILES string of the molecule is CCCCN(Cc1cccc(N)c1F)C1CC1. The molecular weight excluding hydrogens is 215 g/mol. The number of nitrogen functional groups attached to an aromatic ring is 1. The van der Waals surface area contributed by atoms with Gasteiger partial charge in [-0.3, -0.25) is 4.90 Å². The Balaban J connectivity index is 2.03. The van der Waals surface area contributed by atoms with Crippen molar-refractivity contribution in [1.29, 1.82) is 0 Å². The number of nitrogens with two attached hydrogens (primary N) is 1. The van der Waals surface area contributed by atoms with Gasteiger partial charge in [0.15, 0.2) is 5.82 Å². The number of anilines is 1. The molecule has 0 heterocycles. The first kappa shape index (κ1) is 12.4. The van der Waals surface area contributed by atoms with Crippen molar-refractivity contribution in [2.45, 2.75) is 45.2 Å². The van der Waals surface area contributed by atoms with Crippen LogP contribution in [0.5, 0.6) is 0 Å². The Morgan fingerprint density at radius 2 is 2.18 bits per heavy atom. The van der Waals surface area contributed by atoms with E-state index in [0.717, 1.165) is 12.1 Å². The lowest BCUT2D eigenvalue weighted by atomic mass is 10.1. The van der Waals surface area contributed by atoms with Gasteiger partial charge in [0.1, 0.15) is 0 Å².